The van der Waals surface area contributed by atoms with E-state index in [1.165, 1.54) is 16.3 Å². The van der Waals surface area contributed by atoms with E-state index >= 15 is 0 Å². The maximum atomic E-state index is 12.8. The zero-order chi connectivity index (χ0) is 20.8. The number of benzene rings is 1. The number of nitrogens with zero attached hydrogens (tertiary/aromatic N) is 3. The number of thiophene rings is 1. The lowest BCUT2D eigenvalue weighted by atomic mass is 10.1. The number of para-hydroxylation sites is 1. The Kier molecular flexibility index (Phi) is 6.79. The quantitative estimate of drug-likeness (QED) is 0.566. The molecule has 1 unspecified atom stereocenters. The SMILES string of the molecule is CCN(CC)C(CNC(=O)c1cc(C(N)=O)n(-c2ccccc2)n1)c1ccsc1. The predicted octanol–water partition coefficient (Wildman–Crippen LogP) is 2.85. The highest BCUT2D eigenvalue weighted by Crippen LogP contribution is 2.22. The van der Waals surface area contributed by atoms with E-state index in [4.69, 9.17) is 5.73 Å². The monoisotopic (exact) mass is 411 g/mol. The zero-order valence-electron chi connectivity index (χ0n) is 16.5. The summed E-state index contributed by atoms with van der Waals surface area (Å²) in [4.78, 5) is 26.9. The van der Waals surface area contributed by atoms with Crippen LogP contribution in [0.25, 0.3) is 5.69 Å². The van der Waals surface area contributed by atoms with Crippen molar-refractivity contribution in [1.29, 1.82) is 0 Å². The number of rotatable bonds is 9. The third kappa shape index (κ3) is 4.72. The van der Waals surface area contributed by atoms with Crippen LogP contribution in [0.15, 0.2) is 53.2 Å². The largest absolute Gasteiger partial charge is 0.364 e. The van der Waals surface area contributed by atoms with Gasteiger partial charge in [-0.2, -0.15) is 16.4 Å². The van der Waals surface area contributed by atoms with Gasteiger partial charge < -0.3 is 11.1 Å². The molecule has 0 aliphatic carbocycles. The van der Waals surface area contributed by atoms with E-state index in [1.807, 2.05) is 23.6 Å². The van der Waals surface area contributed by atoms with Gasteiger partial charge >= 0.3 is 0 Å². The van der Waals surface area contributed by atoms with Gasteiger partial charge in [0.1, 0.15) is 5.69 Å². The van der Waals surface area contributed by atoms with Crippen molar-refractivity contribution in [3.05, 3.63) is 70.2 Å². The number of nitrogens with one attached hydrogen (secondary N) is 1. The highest BCUT2D eigenvalue weighted by Gasteiger charge is 2.22. The number of likely N-dealkylation sites (N-methyl/N-ethyl adjacent to an activating group) is 1. The first-order valence-electron chi connectivity index (χ1n) is 9.54. The molecular weight excluding hydrogens is 386 g/mol. The van der Waals surface area contributed by atoms with E-state index in [-0.39, 0.29) is 23.3 Å². The molecule has 0 saturated heterocycles. The van der Waals surface area contributed by atoms with Crippen molar-refractivity contribution in [2.24, 2.45) is 5.73 Å². The first kappa shape index (κ1) is 20.8. The van der Waals surface area contributed by atoms with Crippen molar-refractivity contribution in [3.63, 3.8) is 0 Å². The van der Waals surface area contributed by atoms with Gasteiger partial charge in [-0.05, 0) is 47.6 Å². The summed E-state index contributed by atoms with van der Waals surface area (Å²) in [6.07, 6.45) is 0. The van der Waals surface area contributed by atoms with Gasteiger partial charge in [-0.15, -0.1) is 0 Å². The van der Waals surface area contributed by atoms with Crippen molar-refractivity contribution >= 4 is 23.2 Å². The molecule has 2 aromatic heterocycles. The van der Waals surface area contributed by atoms with Crippen LogP contribution in [0.2, 0.25) is 0 Å². The third-order valence-corrected chi connectivity index (χ3v) is 5.53. The minimum absolute atomic E-state index is 0.0759. The molecule has 1 atom stereocenters. The molecule has 0 aliphatic heterocycles. The second-order valence-corrected chi connectivity index (χ2v) is 7.31. The molecule has 0 radical (unpaired) electrons. The Labute approximate surface area is 174 Å². The van der Waals surface area contributed by atoms with Crippen molar-refractivity contribution in [2.45, 2.75) is 19.9 Å². The number of aromatic nitrogens is 2. The van der Waals surface area contributed by atoms with E-state index in [1.54, 1.807) is 23.5 Å². The fourth-order valence-corrected chi connectivity index (χ4v) is 4.01. The first-order chi connectivity index (χ1) is 14.0. The molecular formula is C21H25N5O2S. The van der Waals surface area contributed by atoms with Gasteiger partial charge in [-0.1, -0.05) is 32.0 Å². The molecule has 0 bridgehead atoms. The Hall–Kier alpha value is -2.97. The number of nitrogens with two attached hydrogens (primary N) is 1. The molecule has 0 saturated carbocycles. The molecule has 152 valence electrons. The Morgan fingerprint density at radius 1 is 1.21 bits per heavy atom. The van der Waals surface area contributed by atoms with E-state index < -0.39 is 5.91 Å². The highest BCUT2D eigenvalue weighted by atomic mass is 32.1. The summed E-state index contributed by atoms with van der Waals surface area (Å²) in [5, 5.41) is 11.4. The number of carbonyl (C=O) groups excluding carboxylic acids is 2. The standard InChI is InChI=1S/C21H25N5O2S/c1-3-25(4-2)19(15-10-11-29-14-15)13-23-21(28)17-12-18(20(22)27)26(24-17)16-8-6-5-7-9-16/h5-12,14,19H,3-4,13H2,1-2H3,(H2,22,27)(H,23,28). The van der Waals surface area contributed by atoms with Crippen LogP contribution in [-0.4, -0.2) is 46.1 Å². The van der Waals surface area contributed by atoms with Crippen LogP contribution in [0.4, 0.5) is 0 Å². The highest BCUT2D eigenvalue weighted by molar-refractivity contribution is 7.08. The molecule has 2 heterocycles. The van der Waals surface area contributed by atoms with Gasteiger partial charge in [-0.25, -0.2) is 4.68 Å². The van der Waals surface area contributed by atoms with Gasteiger partial charge in [0.15, 0.2) is 5.69 Å². The fourth-order valence-electron chi connectivity index (χ4n) is 3.30. The average molecular weight is 412 g/mol. The van der Waals surface area contributed by atoms with Gasteiger partial charge in [0.05, 0.1) is 11.7 Å². The Balaban J connectivity index is 1.80. The summed E-state index contributed by atoms with van der Waals surface area (Å²) in [7, 11) is 0. The van der Waals surface area contributed by atoms with Crippen molar-refractivity contribution in [3.8, 4) is 5.69 Å². The van der Waals surface area contributed by atoms with Crippen LogP contribution >= 0.6 is 11.3 Å². The van der Waals surface area contributed by atoms with Crippen LogP contribution < -0.4 is 11.1 Å². The van der Waals surface area contributed by atoms with Crippen LogP contribution in [0, 0.1) is 0 Å². The van der Waals surface area contributed by atoms with E-state index in [9.17, 15) is 9.59 Å². The summed E-state index contributed by atoms with van der Waals surface area (Å²) < 4.78 is 1.40. The van der Waals surface area contributed by atoms with E-state index in [0.29, 0.717) is 12.2 Å². The predicted molar refractivity (Wildman–Crippen MR) is 114 cm³/mol. The van der Waals surface area contributed by atoms with Gasteiger partial charge in [0.2, 0.25) is 0 Å². The molecule has 3 rings (SSSR count). The molecule has 3 N–H and O–H groups in total. The molecule has 0 fully saturated rings. The molecule has 29 heavy (non-hydrogen) atoms. The summed E-state index contributed by atoms with van der Waals surface area (Å²) in [6, 6.07) is 12.7. The van der Waals surface area contributed by atoms with Gasteiger partial charge in [-0.3, -0.25) is 14.5 Å². The lowest BCUT2D eigenvalue weighted by molar-refractivity contribution is 0.0929. The summed E-state index contributed by atoms with van der Waals surface area (Å²) in [5.41, 5.74) is 7.65. The van der Waals surface area contributed by atoms with Crippen LogP contribution in [0.3, 0.4) is 0 Å². The van der Waals surface area contributed by atoms with Crippen molar-refractivity contribution < 1.29 is 9.59 Å². The lowest BCUT2D eigenvalue weighted by Gasteiger charge is -2.29. The molecule has 0 aliphatic rings. The Morgan fingerprint density at radius 3 is 2.52 bits per heavy atom. The maximum absolute atomic E-state index is 12.8. The first-order valence-corrected chi connectivity index (χ1v) is 10.5. The van der Waals surface area contributed by atoms with E-state index in [0.717, 1.165) is 13.1 Å². The third-order valence-electron chi connectivity index (χ3n) is 4.83. The fraction of sp³-hybridized carbons (Fsp3) is 0.286. The zero-order valence-corrected chi connectivity index (χ0v) is 17.4. The molecule has 3 aromatic rings. The Bertz CT molecular complexity index is 949. The van der Waals surface area contributed by atoms with Gasteiger partial charge in [0, 0.05) is 12.6 Å². The number of amides is 2. The minimum Gasteiger partial charge on any atom is -0.364 e. The topological polar surface area (TPSA) is 93.3 Å². The summed E-state index contributed by atoms with van der Waals surface area (Å²) >= 11 is 1.64. The molecule has 2 amide bonds. The molecule has 1 aromatic carbocycles. The molecule has 7 nitrogen and oxygen atoms in total. The summed E-state index contributed by atoms with van der Waals surface area (Å²) in [5.74, 6) is -0.978. The second-order valence-electron chi connectivity index (χ2n) is 6.53. The average Bonchev–Trinajstić information content (AvgIpc) is 3.42. The van der Waals surface area contributed by atoms with Crippen molar-refractivity contribution in [2.75, 3.05) is 19.6 Å². The number of hydrogen-bond acceptors (Lipinski definition) is 5. The Morgan fingerprint density at radius 2 is 1.93 bits per heavy atom. The number of primary amides is 1. The van der Waals surface area contributed by atoms with Crippen LogP contribution in [0.5, 0.6) is 0 Å². The lowest BCUT2D eigenvalue weighted by Crippen LogP contribution is -2.38. The van der Waals surface area contributed by atoms with Crippen LogP contribution in [-0.2, 0) is 0 Å². The summed E-state index contributed by atoms with van der Waals surface area (Å²) in [6.45, 7) is 6.40. The van der Waals surface area contributed by atoms with Crippen LogP contribution in [0.1, 0.15) is 46.4 Å². The van der Waals surface area contributed by atoms with E-state index in [2.05, 4.69) is 40.6 Å². The smallest absolute Gasteiger partial charge is 0.271 e. The van der Waals surface area contributed by atoms with Gasteiger partial charge in [0.25, 0.3) is 11.8 Å². The molecule has 8 heteroatoms. The number of carbonyl (C=O) groups is 2. The second kappa shape index (κ2) is 9.49. The molecule has 0 spiro atoms. The number of hydrogen-bond donors (Lipinski definition) is 2. The normalized spacial score (nSPS) is 12.1. The van der Waals surface area contributed by atoms with Crippen molar-refractivity contribution in [1.82, 2.24) is 20.0 Å². The minimum atomic E-state index is -0.639. The maximum Gasteiger partial charge on any atom is 0.271 e.